The molecule has 0 amide bonds. The molecule has 0 N–H and O–H groups in total. The topological polar surface area (TPSA) is 21.1 Å². The lowest BCUT2D eigenvalue weighted by Gasteiger charge is -2.34. The van der Waals surface area contributed by atoms with Crippen molar-refractivity contribution >= 4 is 26.8 Å². The molecule has 1 aliphatic carbocycles. The Morgan fingerprint density at radius 3 is 2.84 bits per heavy atom. The number of benzene rings is 1. The third kappa shape index (κ3) is 2.70. The minimum atomic E-state index is 0.751. The molecule has 1 fully saturated rings. The van der Waals surface area contributed by atoms with Gasteiger partial charge in [0.15, 0.2) is 0 Å². The summed E-state index contributed by atoms with van der Waals surface area (Å²) in [4.78, 5) is 3.15. The summed E-state index contributed by atoms with van der Waals surface area (Å²) in [5.74, 6) is 0.851. The van der Waals surface area contributed by atoms with E-state index >= 15 is 0 Å². The van der Waals surface area contributed by atoms with E-state index in [1.807, 2.05) is 11.7 Å². The maximum Gasteiger partial charge on any atom is 0.0843 e. The highest BCUT2D eigenvalue weighted by atomic mass is 79.9. The molecule has 0 bridgehead atoms. The summed E-state index contributed by atoms with van der Waals surface area (Å²) in [6, 6.07) is 8.47. The zero-order valence-electron chi connectivity index (χ0n) is 11.5. The number of alkyl halides is 1. The third-order valence-corrected chi connectivity index (χ3v) is 4.75. The number of aryl methyl sites for hydroxylation is 1. The van der Waals surface area contributed by atoms with E-state index in [1.54, 1.807) is 0 Å². The van der Waals surface area contributed by atoms with Crippen LogP contribution in [0.2, 0.25) is 0 Å². The molecule has 0 unspecified atom stereocenters. The summed E-state index contributed by atoms with van der Waals surface area (Å²) >= 11 is 3.66. The molecule has 1 aliphatic rings. The number of aromatic nitrogens is 2. The molecule has 0 saturated heterocycles. The van der Waals surface area contributed by atoms with Gasteiger partial charge in [-0.1, -0.05) is 34.1 Å². The molecule has 1 aromatic carbocycles. The molecular weight excluding hydrogens is 302 g/mol. The molecule has 0 radical (unpaired) electrons. The highest BCUT2D eigenvalue weighted by molar-refractivity contribution is 9.09. The van der Waals surface area contributed by atoms with E-state index < -0.39 is 0 Å². The van der Waals surface area contributed by atoms with Crippen molar-refractivity contribution in [3.05, 3.63) is 30.0 Å². The number of para-hydroxylation sites is 1. The van der Waals surface area contributed by atoms with Gasteiger partial charge in [-0.15, -0.1) is 0 Å². The van der Waals surface area contributed by atoms with E-state index in [-0.39, 0.29) is 0 Å². The van der Waals surface area contributed by atoms with Crippen molar-refractivity contribution in [2.45, 2.75) is 24.2 Å². The van der Waals surface area contributed by atoms with E-state index in [2.05, 4.69) is 57.2 Å². The average molecular weight is 322 g/mol. The van der Waals surface area contributed by atoms with Gasteiger partial charge < -0.3 is 4.90 Å². The maximum absolute atomic E-state index is 4.66. The largest absolute Gasteiger partial charge is 0.300 e. The normalized spacial score (nSPS) is 22.9. The van der Waals surface area contributed by atoms with Gasteiger partial charge in [0.1, 0.15) is 0 Å². The van der Waals surface area contributed by atoms with Gasteiger partial charge in [0.2, 0.25) is 0 Å². The number of rotatable bonds is 4. The van der Waals surface area contributed by atoms with Crippen LogP contribution in [0, 0.1) is 5.92 Å². The van der Waals surface area contributed by atoms with Crippen molar-refractivity contribution in [1.29, 1.82) is 0 Å². The van der Waals surface area contributed by atoms with Crippen LogP contribution in [-0.2, 0) is 13.6 Å². The summed E-state index contributed by atoms with van der Waals surface area (Å²) in [7, 11) is 4.22. The van der Waals surface area contributed by atoms with Crippen LogP contribution in [-0.4, -0.2) is 33.1 Å². The van der Waals surface area contributed by atoms with Crippen molar-refractivity contribution in [2.24, 2.45) is 13.0 Å². The number of fused-ring (bicyclic) bond motifs is 1. The SMILES string of the molecule is CN(Cc1nn(C)c2ccccc12)CC1CC(Br)C1. The molecule has 2 aromatic rings. The fourth-order valence-electron chi connectivity index (χ4n) is 2.97. The van der Waals surface area contributed by atoms with Crippen LogP contribution in [0.5, 0.6) is 0 Å². The minimum Gasteiger partial charge on any atom is -0.300 e. The lowest BCUT2D eigenvalue weighted by atomic mass is 9.85. The summed E-state index contributed by atoms with van der Waals surface area (Å²) in [5, 5.41) is 5.94. The first kappa shape index (κ1) is 13.1. The van der Waals surface area contributed by atoms with E-state index in [1.165, 1.54) is 36.0 Å². The molecule has 1 saturated carbocycles. The summed E-state index contributed by atoms with van der Waals surface area (Å²) in [6.45, 7) is 2.11. The van der Waals surface area contributed by atoms with E-state index in [0.717, 1.165) is 17.3 Å². The first-order valence-electron chi connectivity index (χ1n) is 6.86. The zero-order valence-corrected chi connectivity index (χ0v) is 13.1. The smallest absolute Gasteiger partial charge is 0.0843 e. The molecular formula is C15H20BrN3. The molecule has 1 aromatic heterocycles. The van der Waals surface area contributed by atoms with Crippen LogP contribution in [0.4, 0.5) is 0 Å². The molecule has 102 valence electrons. The molecule has 3 nitrogen and oxygen atoms in total. The number of halogens is 1. The first-order valence-corrected chi connectivity index (χ1v) is 7.78. The highest BCUT2D eigenvalue weighted by Gasteiger charge is 2.27. The van der Waals surface area contributed by atoms with Crippen LogP contribution >= 0.6 is 15.9 Å². The Bertz CT molecular complexity index is 572. The van der Waals surface area contributed by atoms with Gasteiger partial charge in [-0.3, -0.25) is 4.68 Å². The predicted octanol–water partition coefficient (Wildman–Crippen LogP) is 3.18. The monoisotopic (exact) mass is 321 g/mol. The van der Waals surface area contributed by atoms with Gasteiger partial charge >= 0.3 is 0 Å². The second-order valence-corrected chi connectivity index (χ2v) is 7.01. The van der Waals surface area contributed by atoms with Gasteiger partial charge in [-0.2, -0.15) is 5.10 Å². The van der Waals surface area contributed by atoms with Crippen molar-refractivity contribution < 1.29 is 0 Å². The summed E-state index contributed by atoms with van der Waals surface area (Å²) in [5.41, 5.74) is 2.41. The van der Waals surface area contributed by atoms with Crippen LogP contribution in [0.1, 0.15) is 18.5 Å². The molecule has 1 heterocycles. The molecule has 0 aliphatic heterocycles. The Hall–Kier alpha value is -0.870. The average Bonchev–Trinajstić information content (AvgIpc) is 2.65. The number of hydrogen-bond donors (Lipinski definition) is 0. The highest BCUT2D eigenvalue weighted by Crippen LogP contribution is 2.33. The van der Waals surface area contributed by atoms with Crippen LogP contribution < -0.4 is 0 Å². The number of hydrogen-bond acceptors (Lipinski definition) is 2. The molecule has 3 rings (SSSR count). The Balaban J connectivity index is 1.70. The molecule has 4 heteroatoms. The quantitative estimate of drug-likeness (QED) is 0.806. The molecule has 0 spiro atoms. The summed E-state index contributed by atoms with van der Waals surface area (Å²) in [6.07, 6.45) is 2.63. The van der Waals surface area contributed by atoms with Gasteiger partial charge in [0.25, 0.3) is 0 Å². The lowest BCUT2D eigenvalue weighted by molar-refractivity contribution is 0.207. The Morgan fingerprint density at radius 1 is 1.37 bits per heavy atom. The lowest BCUT2D eigenvalue weighted by Crippen LogP contribution is -2.34. The number of nitrogens with zero attached hydrogens (tertiary/aromatic N) is 3. The molecule has 19 heavy (non-hydrogen) atoms. The standard InChI is InChI=1S/C15H20BrN3/c1-18(9-11-7-12(16)8-11)10-14-13-5-3-4-6-15(13)19(2)17-14/h3-6,11-12H,7-10H2,1-2H3. The maximum atomic E-state index is 4.66. The Kier molecular flexibility index (Phi) is 3.63. The van der Waals surface area contributed by atoms with Crippen molar-refractivity contribution in [3.8, 4) is 0 Å². The first-order chi connectivity index (χ1) is 9.13. The summed E-state index contributed by atoms with van der Waals surface area (Å²) < 4.78 is 1.98. The van der Waals surface area contributed by atoms with E-state index in [0.29, 0.717) is 0 Å². The predicted molar refractivity (Wildman–Crippen MR) is 82.5 cm³/mol. The third-order valence-electron chi connectivity index (χ3n) is 4.00. The second-order valence-electron chi connectivity index (χ2n) is 5.72. The van der Waals surface area contributed by atoms with Gasteiger partial charge in [0, 0.05) is 30.4 Å². The molecule has 0 atom stereocenters. The van der Waals surface area contributed by atoms with Crippen LogP contribution in [0.15, 0.2) is 24.3 Å². The van der Waals surface area contributed by atoms with Gasteiger partial charge in [-0.05, 0) is 31.9 Å². The van der Waals surface area contributed by atoms with Crippen molar-refractivity contribution in [2.75, 3.05) is 13.6 Å². The minimum absolute atomic E-state index is 0.751. The van der Waals surface area contributed by atoms with Crippen molar-refractivity contribution in [3.63, 3.8) is 0 Å². The van der Waals surface area contributed by atoms with Crippen LogP contribution in [0.25, 0.3) is 10.9 Å². The van der Waals surface area contributed by atoms with Gasteiger partial charge in [-0.25, -0.2) is 0 Å². The van der Waals surface area contributed by atoms with Crippen molar-refractivity contribution in [1.82, 2.24) is 14.7 Å². The van der Waals surface area contributed by atoms with Gasteiger partial charge in [0.05, 0.1) is 11.2 Å². The fourth-order valence-corrected chi connectivity index (χ4v) is 4.03. The van der Waals surface area contributed by atoms with E-state index in [4.69, 9.17) is 0 Å². The van der Waals surface area contributed by atoms with E-state index in [9.17, 15) is 0 Å². The fraction of sp³-hybridized carbons (Fsp3) is 0.533. The van der Waals surface area contributed by atoms with Crippen LogP contribution in [0.3, 0.4) is 0 Å². The Morgan fingerprint density at radius 2 is 2.11 bits per heavy atom. The zero-order chi connectivity index (χ0) is 13.4. The Labute approximate surface area is 122 Å². The second kappa shape index (κ2) is 5.25.